The maximum Gasteiger partial charge on any atom is 0.134 e. The van der Waals surface area contributed by atoms with Crippen LogP contribution in [-0.2, 0) is 0 Å². The van der Waals surface area contributed by atoms with Crippen LogP contribution in [0.25, 0.3) is 0 Å². The van der Waals surface area contributed by atoms with E-state index in [9.17, 15) is 0 Å². The monoisotopic (exact) mass is 272 g/mol. The Labute approximate surface area is 97.5 Å². The van der Waals surface area contributed by atoms with E-state index >= 15 is 0 Å². The van der Waals surface area contributed by atoms with Gasteiger partial charge >= 0.3 is 0 Å². The first-order valence-electron chi connectivity index (χ1n) is 4.16. The van der Waals surface area contributed by atoms with Gasteiger partial charge in [0, 0.05) is 17.9 Å². The number of benzene rings is 1. The third kappa shape index (κ3) is 3.25. The number of halogens is 2. The van der Waals surface area contributed by atoms with E-state index in [-0.39, 0.29) is 0 Å². The molecule has 0 aromatic heterocycles. The summed E-state index contributed by atoms with van der Waals surface area (Å²) in [6.07, 6.45) is 0.708. The predicted molar refractivity (Wildman–Crippen MR) is 62.9 cm³/mol. The Balaban J connectivity index is 2.86. The summed E-state index contributed by atoms with van der Waals surface area (Å²) in [4.78, 5) is 0. The average molecular weight is 274 g/mol. The molecule has 0 fully saturated rings. The summed E-state index contributed by atoms with van der Waals surface area (Å²) in [5.41, 5.74) is 0.940. The molecule has 1 aromatic rings. The standard InChI is InChI=1S/C11H10BrClO/c1-14-11-8-9(4-2-3-7-13)5-6-10(11)12/h5-6,8H,3,7H2,1H3. The van der Waals surface area contributed by atoms with E-state index in [0.717, 1.165) is 15.8 Å². The van der Waals surface area contributed by atoms with Crippen molar-refractivity contribution in [3.63, 3.8) is 0 Å². The summed E-state index contributed by atoms with van der Waals surface area (Å²) < 4.78 is 6.08. The molecule has 0 aliphatic rings. The molecule has 0 saturated heterocycles. The lowest BCUT2D eigenvalue weighted by molar-refractivity contribution is 0.412. The molecule has 0 aliphatic heterocycles. The highest BCUT2D eigenvalue weighted by molar-refractivity contribution is 9.10. The topological polar surface area (TPSA) is 9.23 Å². The number of alkyl halides is 1. The van der Waals surface area contributed by atoms with Crippen molar-refractivity contribution in [2.75, 3.05) is 13.0 Å². The van der Waals surface area contributed by atoms with Gasteiger partial charge in [-0.15, -0.1) is 11.6 Å². The van der Waals surface area contributed by atoms with Crippen molar-refractivity contribution in [2.45, 2.75) is 6.42 Å². The van der Waals surface area contributed by atoms with Gasteiger partial charge in [-0.05, 0) is 34.1 Å². The lowest BCUT2D eigenvalue weighted by atomic mass is 10.2. The molecular weight excluding hydrogens is 263 g/mol. The van der Waals surface area contributed by atoms with E-state index in [0.29, 0.717) is 12.3 Å². The predicted octanol–water partition coefficient (Wildman–Crippen LogP) is 3.44. The van der Waals surface area contributed by atoms with E-state index in [2.05, 4.69) is 27.8 Å². The van der Waals surface area contributed by atoms with Gasteiger partial charge in [0.2, 0.25) is 0 Å². The lowest BCUT2D eigenvalue weighted by Crippen LogP contribution is -1.85. The highest BCUT2D eigenvalue weighted by Gasteiger charge is 1.98. The molecule has 3 heteroatoms. The molecule has 0 bridgehead atoms. The SMILES string of the molecule is COc1cc(C#CCCCl)ccc1Br. The molecule has 0 saturated carbocycles. The zero-order chi connectivity index (χ0) is 10.4. The zero-order valence-corrected chi connectivity index (χ0v) is 10.2. The number of hydrogen-bond acceptors (Lipinski definition) is 1. The van der Waals surface area contributed by atoms with E-state index in [1.165, 1.54) is 0 Å². The fourth-order valence-corrected chi connectivity index (χ4v) is 1.45. The van der Waals surface area contributed by atoms with Gasteiger partial charge in [-0.25, -0.2) is 0 Å². The lowest BCUT2D eigenvalue weighted by Gasteiger charge is -2.02. The number of methoxy groups -OCH3 is 1. The summed E-state index contributed by atoms with van der Waals surface area (Å²) >= 11 is 8.89. The van der Waals surface area contributed by atoms with E-state index < -0.39 is 0 Å². The highest BCUT2D eigenvalue weighted by atomic mass is 79.9. The minimum absolute atomic E-state index is 0.570. The molecule has 0 heterocycles. The summed E-state index contributed by atoms with van der Waals surface area (Å²) in [5, 5.41) is 0. The van der Waals surface area contributed by atoms with Crippen molar-refractivity contribution in [1.82, 2.24) is 0 Å². The average Bonchev–Trinajstić information content (AvgIpc) is 2.21. The number of ether oxygens (including phenoxy) is 1. The molecular formula is C11H10BrClO. The van der Waals surface area contributed by atoms with Crippen molar-refractivity contribution in [3.05, 3.63) is 28.2 Å². The van der Waals surface area contributed by atoms with E-state index in [1.54, 1.807) is 7.11 Å². The minimum Gasteiger partial charge on any atom is -0.496 e. The van der Waals surface area contributed by atoms with Crippen molar-refractivity contribution < 1.29 is 4.74 Å². The van der Waals surface area contributed by atoms with Gasteiger partial charge in [0.05, 0.1) is 11.6 Å². The third-order valence-electron chi connectivity index (χ3n) is 1.60. The Kier molecular flexibility index (Phi) is 4.86. The van der Waals surface area contributed by atoms with Gasteiger partial charge in [-0.3, -0.25) is 0 Å². The number of hydrogen-bond donors (Lipinski definition) is 0. The molecule has 14 heavy (non-hydrogen) atoms. The van der Waals surface area contributed by atoms with Gasteiger partial charge in [0.15, 0.2) is 0 Å². The summed E-state index contributed by atoms with van der Waals surface area (Å²) in [6, 6.07) is 5.75. The van der Waals surface area contributed by atoms with Crippen LogP contribution < -0.4 is 4.74 Å². The first-order valence-corrected chi connectivity index (χ1v) is 5.49. The van der Waals surface area contributed by atoms with Crippen LogP contribution in [-0.4, -0.2) is 13.0 Å². The van der Waals surface area contributed by atoms with Crippen LogP contribution in [0.5, 0.6) is 5.75 Å². The Hall–Kier alpha value is -0.650. The molecule has 0 unspecified atom stereocenters. The fraction of sp³-hybridized carbons (Fsp3) is 0.273. The Bertz CT molecular complexity index is 365. The number of rotatable bonds is 2. The second-order valence-corrected chi connectivity index (χ2v) is 3.82. The van der Waals surface area contributed by atoms with Crippen LogP contribution in [0, 0.1) is 11.8 Å². The molecule has 0 radical (unpaired) electrons. The molecule has 1 nitrogen and oxygen atoms in total. The fourth-order valence-electron chi connectivity index (χ4n) is 0.949. The van der Waals surface area contributed by atoms with Crippen LogP contribution >= 0.6 is 27.5 Å². The van der Waals surface area contributed by atoms with E-state index in [4.69, 9.17) is 16.3 Å². The Morgan fingerprint density at radius 1 is 1.50 bits per heavy atom. The first-order chi connectivity index (χ1) is 6.77. The normalized spacial score (nSPS) is 9.07. The smallest absolute Gasteiger partial charge is 0.134 e. The summed E-state index contributed by atoms with van der Waals surface area (Å²) in [6.45, 7) is 0. The van der Waals surface area contributed by atoms with Gasteiger partial charge in [-0.1, -0.05) is 11.8 Å². The minimum atomic E-state index is 0.570. The molecule has 0 aliphatic carbocycles. The molecule has 1 rings (SSSR count). The van der Waals surface area contributed by atoms with Crippen molar-refractivity contribution in [3.8, 4) is 17.6 Å². The molecule has 1 aromatic carbocycles. The first kappa shape index (κ1) is 11.4. The largest absolute Gasteiger partial charge is 0.496 e. The second kappa shape index (κ2) is 5.95. The quantitative estimate of drug-likeness (QED) is 0.592. The van der Waals surface area contributed by atoms with Gasteiger partial charge in [0.25, 0.3) is 0 Å². The third-order valence-corrected chi connectivity index (χ3v) is 2.45. The summed E-state index contributed by atoms with van der Waals surface area (Å²) in [5.74, 6) is 7.35. The van der Waals surface area contributed by atoms with Crippen molar-refractivity contribution in [2.24, 2.45) is 0 Å². The van der Waals surface area contributed by atoms with Crippen LogP contribution in [0.1, 0.15) is 12.0 Å². The highest BCUT2D eigenvalue weighted by Crippen LogP contribution is 2.25. The molecule has 0 N–H and O–H groups in total. The van der Waals surface area contributed by atoms with Gasteiger partial charge < -0.3 is 4.74 Å². The van der Waals surface area contributed by atoms with Crippen LogP contribution in [0.2, 0.25) is 0 Å². The van der Waals surface area contributed by atoms with E-state index in [1.807, 2.05) is 18.2 Å². The molecule has 0 spiro atoms. The maximum absolute atomic E-state index is 5.52. The van der Waals surface area contributed by atoms with Crippen LogP contribution in [0.3, 0.4) is 0 Å². The Morgan fingerprint density at radius 2 is 2.29 bits per heavy atom. The Morgan fingerprint density at radius 3 is 2.93 bits per heavy atom. The molecule has 74 valence electrons. The molecule has 0 atom stereocenters. The molecule has 0 amide bonds. The van der Waals surface area contributed by atoms with Crippen molar-refractivity contribution >= 4 is 27.5 Å². The van der Waals surface area contributed by atoms with Gasteiger partial charge in [-0.2, -0.15) is 0 Å². The second-order valence-electron chi connectivity index (χ2n) is 2.59. The van der Waals surface area contributed by atoms with Gasteiger partial charge in [0.1, 0.15) is 5.75 Å². The van der Waals surface area contributed by atoms with Crippen LogP contribution in [0.15, 0.2) is 22.7 Å². The maximum atomic E-state index is 5.52. The zero-order valence-electron chi connectivity index (χ0n) is 7.81. The van der Waals surface area contributed by atoms with Crippen LogP contribution in [0.4, 0.5) is 0 Å². The van der Waals surface area contributed by atoms with Crippen molar-refractivity contribution in [1.29, 1.82) is 0 Å². The summed E-state index contributed by atoms with van der Waals surface area (Å²) in [7, 11) is 1.63.